The highest BCUT2D eigenvalue weighted by Crippen LogP contribution is 2.19. The number of anilines is 1. The second-order valence-corrected chi connectivity index (χ2v) is 7.22. The maximum Gasteiger partial charge on any atom is 0.238 e. The molecule has 0 radical (unpaired) electrons. The molecule has 2 heterocycles. The maximum absolute atomic E-state index is 13.6. The van der Waals surface area contributed by atoms with Crippen LogP contribution in [0.5, 0.6) is 0 Å². The Morgan fingerprint density at radius 2 is 1.72 bits per heavy atom. The summed E-state index contributed by atoms with van der Waals surface area (Å²) in [5.74, 6) is -0.618. The van der Waals surface area contributed by atoms with Gasteiger partial charge in [-0.15, -0.1) is 0 Å². The van der Waals surface area contributed by atoms with Crippen LogP contribution in [-0.4, -0.2) is 59.3 Å². The summed E-state index contributed by atoms with van der Waals surface area (Å²) in [6.07, 6.45) is 2.25. The molecule has 1 aliphatic rings. The number of amides is 2. The van der Waals surface area contributed by atoms with Crippen molar-refractivity contribution in [3.63, 3.8) is 0 Å². The van der Waals surface area contributed by atoms with E-state index in [0.717, 1.165) is 16.5 Å². The fraction of sp³-hybridized carbons (Fsp3) is 0.273. The summed E-state index contributed by atoms with van der Waals surface area (Å²) in [5, 5.41) is 3.67. The topological polar surface area (TPSA) is 68.4 Å². The summed E-state index contributed by atoms with van der Waals surface area (Å²) in [4.78, 5) is 31.9. The number of carbonyl (C=O) groups excluding carboxylic acids is 2. The maximum atomic E-state index is 13.6. The van der Waals surface area contributed by atoms with Crippen molar-refractivity contribution in [1.29, 1.82) is 0 Å². The number of H-pyrrole nitrogens is 1. The van der Waals surface area contributed by atoms with Gasteiger partial charge in [-0.25, -0.2) is 4.39 Å². The molecule has 7 heteroatoms. The molecule has 0 spiro atoms. The molecule has 0 bridgehead atoms. The van der Waals surface area contributed by atoms with Gasteiger partial charge < -0.3 is 15.2 Å². The van der Waals surface area contributed by atoms with Gasteiger partial charge in [0.05, 0.1) is 18.7 Å². The van der Waals surface area contributed by atoms with Gasteiger partial charge in [-0.05, 0) is 23.8 Å². The second kappa shape index (κ2) is 8.45. The van der Waals surface area contributed by atoms with E-state index in [1.165, 1.54) is 12.1 Å². The zero-order valence-corrected chi connectivity index (χ0v) is 16.0. The van der Waals surface area contributed by atoms with Crippen LogP contribution in [0.4, 0.5) is 10.1 Å². The molecular weight excluding hydrogens is 371 g/mol. The third-order valence-corrected chi connectivity index (χ3v) is 5.26. The molecule has 1 aliphatic heterocycles. The molecule has 0 aliphatic carbocycles. The quantitative estimate of drug-likeness (QED) is 0.699. The number of hydrogen-bond donors (Lipinski definition) is 2. The number of nitrogens with one attached hydrogen (secondary N) is 2. The van der Waals surface area contributed by atoms with E-state index in [1.54, 1.807) is 12.1 Å². The van der Waals surface area contributed by atoms with E-state index >= 15 is 0 Å². The number of para-hydroxylation sites is 2. The van der Waals surface area contributed by atoms with Crippen molar-refractivity contribution in [2.24, 2.45) is 0 Å². The molecule has 4 rings (SSSR count). The second-order valence-electron chi connectivity index (χ2n) is 7.22. The Bertz CT molecular complexity index is 1020. The van der Waals surface area contributed by atoms with Crippen LogP contribution in [0, 0.1) is 5.82 Å². The largest absolute Gasteiger partial charge is 0.361 e. The minimum Gasteiger partial charge on any atom is -0.361 e. The zero-order chi connectivity index (χ0) is 20.2. The van der Waals surface area contributed by atoms with Crippen molar-refractivity contribution in [1.82, 2.24) is 14.8 Å². The van der Waals surface area contributed by atoms with Crippen molar-refractivity contribution in [2.75, 3.05) is 38.0 Å². The monoisotopic (exact) mass is 394 g/mol. The van der Waals surface area contributed by atoms with Gasteiger partial charge in [0.2, 0.25) is 11.8 Å². The van der Waals surface area contributed by atoms with Crippen molar-refractivity contribution >= 4 is 28.4 Å². The standard InChI is InChI=1S/C22H23FN4O2/c23-18-6-2-4-8-20(18)25-21(28)15-26-9-11-27(12-10-26)22(29)13-16-14-24-19-7-3-1-5-17(16)19/h1-8,14,24H,9-13,15H2,(H,25,28). The normalized spacial score (nSPS) is 14.9. The lowest BCUT2D eigenvalue weighted by Gasteiger charge is -2.34. The molecule has 1 aromatic heterocycles. The number of rotatable bonds is 5. The highest BCUT2D eigenvalue weighted by molar-refractivity contribution is 5.92. The number of carbonyl (C=O) groups is 2. The van der Waals surface area contributed by atoms with Crippen LogP contribution in [0.2, 0.25) is 0 Å². The molecule has 2 aromatic carbocycles. The zero-order valence-electron chi connectivity index (χ0n) is 16.0. The predicted octanol–water partition coefficient (Wildman–Crippen LogP) is 2.63. The van der Waals surface area contributed by atoms with Gasteiger partial charge in [-0.1, -0.05) is 30.3 Å². The SMILES string of the molecule is O=C(CN1CCN(C(=O)Cc2c[nH]c3ccccc23)CC1)Nc1ccccc1F. The van der Waals surface area contributed by atoms with E-state index in [9.17, 15) is 14.0 Å². The Morgan fingerprint density at radius 1 is 1.00 bits per heavy atom. The number of benzene rings is 2. The van der Waals surface area contributed by atoms with Gasteiger partial charge in [0.25, 0.3) is 0 Å². The third kappa shape index (κ3) is 4.46. The molecule has 0 unspecified atom stereocenters. The number of halogens is 1. The number of piperazine rings is 1. The Labute approximate surface area is 168 Å². The number of aromatic amines is 1. The van der Waals surface area contributed by atoms with Gasteiger partial charge in [0.15, 0.2) is 0 Å². The van der Waals surface area contributed by atoms with Gasteiger partial charge >= 0.3 is 0 Å². The molecule has 29 heavy (non-hydrogen) atoms. The van der Waals surface area contributed by atoms with E-state index in [2.05, 4.69) is 10.3 Å². The highest BCUT2D eigenvalue weighted by atomic mass is 19.1. The number of fused-ring (bicyclic) bond motifs is 1. The van der Waals surface area contributed by atoms with E-state index in [4.69, 9.17) is 0 Å². The first-order valence-electron chi connectivity index (χ1n) is 9.69. The summed E-state index contributed by atoms with van der Waals surface area (Å²) in [6.45, 7) is 2.57. The lowest BCUT2D eigenvalue weighted by Crippen LogP contribution is -2.50. The minimum atomic E-state index is -0.450. The van der Waals surface area contributed by atoms with Crippen LogP contribution in [0.25, 0.3) is 10.9 Å². The van der Waals surface area contributed by atoms with E-state index in [0.29, 0.717) is 32.6 Å². The molecule has 2 amide bonds. The average molecular weight is 394 g/mol. The Hall–Kier alpha value is -3.19. The van der Waals surface area contributed by atoms with Crippen LogP contribution in [0.3, 0.4) is 0 Å². The van der Waals surface area contributed by atoms with Gasteiger partial charge in [0.1, 0.15) is 5.82 Å². The summed E-state index contributed by atoms with van der Waals surface area (Å²) in [7, 11) is 0. The van der Waals surface area contributed by atoms with Gasteiger partial charge in [0, 0.05) is 43.3 Å². The molecule has 3 aromatic rings. The summed E-state index contributed by atoms with van der Waals surface area (Å²) < 4.78 is 13.6. The Balaban J connectivity index is 1.27. The number of hydrogen-bond acceptors (Lipinski definition) is 3. The predicted molar refractivity (Wildman–Crippen MR) is 110 cm³/mol. The lowest BCUT2D eigenvalue weighted by atomic mass is 10.1. The van der Waals surface area contributed by atoms with Crippen molar-refractivity contribution in [3.8, 4) is 0 Å². The van der Waals surface area contributed by atoms with Crippen LogP contribution in [-0.2, 0) is 16.0 Å². The number of nitrogens with zero attached hydrogens (tertiary/aromatic N) is 2. The van der Waals surface area contributed by atoms with Crippen LogP contribution in [0.1, 0.15) is 5.56 Å². The smallest absolute Gasteiger partial charge is 0.238 e. The first-order valence-corrected chi connectivity index (χ1v) is 9.69. The summed E-state index contributed by atoms with van der Waals surface area (Å²) in [6, 6.07) is 14.0. The lowest BCUT2D eigenvalue weighted by molar-refractivity contribution is -0.132. The third-order valence-electron chi connectivity index (χ3n) is 5.26. The van der Waals surface area contributed by atoms with Crippen LogP contribution >= 0.6 is 0 Å². The molecule has 2 N–H and O–H groups in total. The van der Waals surface area contributed by atoms with Crippen molar-refractivity contribution < 1.29 is 14.0 Å². The molecule has 0 atom stereocenters. The summed E-state index contributed by atoms with van der Waals surface area (Å²) in [5.41, 5.74) is 2.21. The fourth-order valence-electron chi connectivity index (χ4n) is 3.66. The average Bonchev–Trinajstić information content (AvgIpc) is 3.13. The van der Waals surface area contributed by atoms with Crippen molar-refractivity contribution in [2.45, 2.75) is 6.42 Å². The van der Waals surface area contributed by atoms with Gasteiger partial charge in [-0.3, -0.25) is 14.5 Å². The van der Waals surface area contributed by atoms with Crippen LogP contribution < -0.4 is 5.32 Å². The van der Waals surface area contributed by atoms with E-state index in [-0.39, 0.29) is 24.0 Å². The molecular formula is C22H23FN4O2. The van der Waals surface area contributed by atoms with Gasteiger partial charge in [-0.2, -0.15) is 0 Å². The van der Waals surface area contributed by atoms with Crippen molar-refractivity contribution in [3.05, 3.63) is 66.1 Å². The molecule has 1 fully saturated rings. The molecule has 1 saturated heterocycles. The fourth-order valence-corrected chi connectivity index (χ4v) is 3.66. The minimum absolute atomic E-state index is 0.0882. The first kappa shape index (κ1) is 19.1. The number of aromatic nitrogens is 1. The highest BCUT2D eigenvalue weighted by Gasteiger charge is 2.23. The Morgan fingerprint density at radius 3 is 2.52 bits per heavy atom. The summed E-state index contributed by atoms with van der Waals surface area (Å²) >= 11 is 0. The van der Waals surface area contributed by atoms with E-state index in [1.807, 2.05) is 40.3 Å². The molecule has 150 valence electrons. The molecule has 0 saturated carbocycles. The first-order chi connectivity index (χ1) is 14.1. The van der Waals surface area contributed by atoms with E-state index < -0.39 is 5.82 Å². The Kier molecular flexibility index (Phi) is 5.57. The molecule has 6 nitrogen and oxygen atoms in total. The van der Waals surface area contributed by atoms with Crippen LogP contribution in [0.15, 0.2) is 54.7 Å².